The number of rotatable bonds is 3. The highest BCUT2D eigenvalue weighted by Crippen LogP contribution is 2.42. The van der Waals surface area contributed by atoms with Crippen molar-refractivity contribution < 1.29 is 18.0 Å². The zero-order chi connectivity index (χ0) is 22.3. The van der Waals surface area contributed by atoms with Gasteiger partial charge in [-0.05, 0) is 43.0 Å². The van der Waals surface area contributed by atoms with Crippen molar-refractivity contribution in [2.24, 2.45) is 0 Å². The molecule has 1 aliphatic carbocycles. The molecule has 1 N–H and O–H groups in total. The number of hydrogen-bond donors (Lipinski definition) is 1. The molecule has 2 aliphatic heterocycles. The Morgan fingerprint density at radius 3 is 2.34 bits per heavy atom. The third kappa shape index (κ3) is 4.63. The first-order chi connectivity index (χ1) is 15.4. The van der Waals surface area contributed by atoms with Gasteiger partial charge in [0.1, 0.15) is 0 Å². The number of carbonyl (C=O) groups is 1. The van der Waals surface area contributed by atoms with Crippen LogP contribution >= 0.6 is 11.8 Å². The molecule has 5 rings (SSSR count). The molecule has 2 unspecified atom stereocenters. The Morgan fingerprint density at radius 2 is 1.69 bits per heavy atom. The largest absolute Gasteiger partial charge is 0.416 e. The number of aromatic nitrogens is 2. The number of likely N-dealkylation sites (tertiary alicyclic amines) is 1. The average molecular weight is 465 g/mol. The minimum Gasteiger partial charge on any atom is -0.323 e. The quantitative estimate of drug-likeness (QED) is 0.692. The number of amides is 2. The van der Waals surface area contributed by atoms with Crippen LogP contribution in [0, 0.1) is 0 Å². The van der Waals surface area contributed by atoms with Crippen LogP contribution in [-0.4, -0.2) is 63.7 Å². The summed E-state index contributed by atoms with van der Waals surface area (Å²) in [5.74, 6) is 2.47. The highest BCUT2D eigenvalue weighted by Gasteiger charge is 2.36. The number of benzene rings is 1. The van der Waals surface area contributed by atoms with Crippen molar-refractivity contribution in [3.63, 3.8) is 0 Å². The van der Waals surface area contributed by atoms with Gasteiger partial charge in [0.15, 0.2) is 0 Å². The fraction of sp³-hybridized carbons (Fsp3) is 0.565. The molecule has 3 heterocycles. The Morgan fingerprint density at radius 1 is 1.00 bits per heavy atom. The normalized spacial score (nSPS) is 24.6. The van der Waals surface area contributed by atoms with Crippen molar-refractivity contribution in [2.75, 3.05) is 37.7 Å². The van der Waals surface area contributed by atoms with Gasteiger partial charge in [-0.2, -0.15) is 30.0 Å². The average Bonchev–Trinajstić information content (AvgIpc) is 3.54. The molecular formula is C23H27F3N4OS. The molecule has 1 aromatic carbocycles. The van der Waals surface area contributed by atoms with Crippen LogP contribution in [0.25, 0.3) is 0 Å². The zero-order valence-corrected chi connectivity index (χ0v) is 18.6. The molecule has 5 nitrogen and oxygen atoms in total. The molecule has 32 heavy (non-hydrogen) atoms. The number of alkyl halides is 3. The second-order valence-electron chi connectivity index (χ2n) is 9.06. The van der Waals surface area contributed by atoms with E-state index in [9.17, 15) is 18.0 Å². The fourth-order valence-electron chi connectivity index (χ4n) is 4.78. The van der Waals surface area contributed by atoms with Crippen molar-refractivity contribution in [1.29, 1.82) is 0 Å². The van der Waals surface area contributed by atoms with E-state index in [0.29, 0.717) is 19.0 Å². The zero-order valence-electron chi connectivity index (χ0n) is 17.8. The number of thioether (sulfide) groups is 1. The number of piperidine rings is 1. The molecule has 2 saturated heterocycles. The van der Waals surface area contributed by atoms with Crippen molar-refractivity contribution in [3.8, 4) is 0 Å². The number of urea groups is 1. The lowest BCUT2D eigenvalue weighted by atomic mass is 9.82. The standard InChI is InChI=1S/C23H27F3N4OS/c24-23(25,26)19-5-3-15(4-6-19)17-11-18(21-12-20(27-28-21)16-1-2-16)14-30(13-17)22(31)29-7-9-32-10-8-29/h3-6,12,16-18H,1-2,7-11,13-14H2,(H,27,28). The number of aromatic amines is 1. The van der Waals surface area contributed by atoms with Gasteiger partial charge < -0.3 is 9.80 Å². The van der Waals surface area contributed by atoms with E-state index in [2.05, 4.69) is 16.3 Å². The van der Waals surface area contributed by atoms with Gasteiger partial charge in [0.05, 0.1) is 11.3 Å². The molecular weight excluding hydrogens is 437 g/mol. The third-order valence-electron chi connectivity index (χ3n) is 6.77. The summed E-state index contributed by atoms with van der Waals surface area (Å²) < 4.78 is 39.1. The molecule has 9 heteroatoms. The predicted octanol–water partition coefficient (Wildman–Crippen LogP) is 5.05. The Hall–Kier alpha value is -2.16. The number of nitrogens with one attached hydrogen (secondary N) is 1. The minimum absolute atomic E-state index is 0.0276. The van der Waals surface area contributed by atoms with Crippen LogP contribution in [0.3, 0.4) is 0 Å². The van der Waals surface area contributed by atoms with Gasteiger partial charge in [-0.3, -0.25) is 5.10 Å². The smallest absolute Gasteiger partial charge is 0.323 e. The van der Waals surface area contributed by atoms with E-state index in [0.717, 1.165) is 60.1 Å². The molecule has 0 bridgehead atoms. The van der Waals surface area contributed by atoms with Crippen LogP contribution in [0.15, 0.2) is 30.3 Å². The van der Waals surface area contributed by atoms with Crippen LogP contribution in [-0.2, 0) is 6.18 Å². The van der Waals surface area contributed by atoms with Gasteiger partial charge in [-0.1, -0.05) is 12.1 Å². The van der Waals surface area contributed by atoms with Crippen LogP contribution in [0.4, 0.5) is 18.0 Å². The van der Waals surface area contributed by atoms with Gasteiger partial charge >= 0.3 is 12.2 Å². The molecule has 3 fully saturated rings. The number of nitrogens with zero attached hydrogens (tertiary/aromatic N) is 3. The lowest BCUT2D eigenvalue weighted by molar-refractivity contribution is -0.137. The summed E-state index contributed by atoms with van der Waals surface area (Å²) in [6.07, 6.45) is -1.23. The Bertz CT molecular complexity index is 951. The first-order valence-corrected chi connectivity index (χ1v) is 12.4. The van der Waals surface area contributed by atoms with E-state index in [1.807, 2.05) is 21.6 Å². The number of carbonyl (C=O) groups excluding carboxylic acids is 1. The van der Waals surface area contributed by atoms with E-state index < -0.39 is 11.7 Å². The SMILES string of the molecule is O=C(N1CCSCC1)N1CC(c2ccc(C(F)(F)F)cc2)CC(c2cc(C3CC3)[nH]n2)C1. The van der Waals surface area contributed by atoms with Crippen LogP contribution in [0.1, 0.15) is 59.5 Å². The van der Waals surface area contributed by atoms with Crippen LogP contribution in [0.2, 0.25) is 0 Å². The van der Waals surface area contributed by atoms with Gasteiger partial charge in [0.25, 0.3) is 0 Å². The summed E-state index contributed by atoms with van der Waals surface area (Å²) in [6, 6.07) is 7.58. The number of halogens is 3. The van der Waals surface area contributed by atoms with Crippen molar-refractivity contribution in [2.45, 2.75) is 43.2 Å². The number of H-pyrrole nitrogens is 1. The second kappa shape index (κ2) is 8.65. The second-order valence-corrected chi connectivity index (χ2v) is 10.3. The van der Waals surface area contributed by atoms with Gasteiger partial charge in [0, 0.05) is 61.1 Å². The maximum Gasteiger partial charge on any atom is 0.416 e. The summed E-state index contributed by atoms with van der Waals surface area (Å²) in [5.41, 5.74) is 2.31. The Balaban J connectivity index is 1.39. The van der Waals surface area contributed by atoms with Crippen molar-refractivity contribution in [1.82, 2.24) is 20.0 Å². The van der Waals surface area contributed by atoms with Crippen molar-refractivity contribution in [3.05, 3.63) is 52.8 Å². The van der Waals surface area contributed by atoms with E-state index in [-0.39, 0.29) is 17.9 Å². The molecule has 2 atom stereocenters. The van der Waals surface area contributed by atoms with Crippen LogP contribution < -0.4 is 0 Å². The maximum atomic E-state index is 13.3. The highest BCUT2D eigenvalue weighted by molar-refractivity contribution is 7.99. The summed E-state index contributed by atoms with van der Waals surface area (Å²) in [4.78, 5) is 17.1. The van der Waals surface area contributed by atoms with E-state index in [4.69, 9.17) is 0 Å². The summed E-state index contributed by atoms with van der Waals surface area (Å²) in [5, 5.41) is 7.71. The van der Waals surface area contributed by atoms with Crippen molar-refractivity contribution >= 4 is 17.8 Å². The first kappa shape index (κ1) is 21.7. The Kier molecular flexibility index (Phi) is 5.86. The fourth-order valence-corrected chi connectivity index (χ4v) is 5.68. The topological polar surface area (TPSA) is 52.2 Å². The molecule has 172 valence electrons. The summed E-state index contributed by atoms with van der Waals surface area (Å²) in [6.45, 7) is 2.59. The monoisotopic (exact) mass is 464 g/mol. The summed E-state index contributed by atoms with van der Waals surface area (Å²) >= 11 is 1.85. The molecule has 3 aliphatic rings. The third-order valence-corrected chi connectivity index (χ3v) is 7.71. The predicted molar refractivity (Wildman–Crippen MR) is 118 cm³/mol. The van der Waals surface area contributed by atoms with E-state index in [1.54, 1.807) is 12.1 Å². The molecule has 1 aromatic heterocycles. The lowest BCUT2D eigenvalue weighted by Crippen LogP contribution is -2.51. The summed E-state index contributed by atoms with van der Waals surface area (Å²) in [7, 11) is 0. The molecule has 2 aromatic rings. The maximum absolute atomic E-state index is 13.3. The van der Waals surface area contributed by atoms with Gasteiger partial charge in [-0.25, -0.2) is 4.79 Å². The van der Waals surface area contributed by atoms with Gasteiger partial charge in [0.2, 0.25) is 0 Å². The molecule has 0 spiro atoms. The lowest BCUT2D eigenvalue weighted by Gasteiger charge is -2.40. The Labute approximate surface area is 189 Å². The molecule has 1 saturated carbocycles. The van der Waals surface area contributed by atoms with E-state index >= 15 is 0 Å². The highest BCUT2D eigenvalue weighted by atomic mass is 32.2. The minimum atomic E-state index is -4.35. The molecule has 0 radical (unpaired) electrons. The van der Waals surface area contributed by atoms with E-state index in [1.165, 1.54) is 12.8 Å². The van der Waals surface area contributed by atoms with Gasteiger partial charge in [-0.15, -0.1) is 0 Å². The number of hydrogen-bond acceptors (Lipinski definition) is 3. The first-order valence-electron chi connectivity index (χ1n) is 11.2. The molecule has 2 amide bonds. The van der Waals surface area contributed by atoms with Crippen LogP contribution in [0.5, 0.6) is 0 Å².